The third kappa shape index (κ3) is 9.36. The summed E-state index contributed by atoms with van der Waals surface area (Å²) in [7, 11) is 1.73. The summed E-state index contributed by atoms with van der Waals surface area (Å²) in [6.07, 6.45) is 1.43. The van der Waals surface area contributed by atoms with Crippen molar-refractivity contribution >= 4 is 12.0 Å². The van der Waals surface area contributed by atoms with Crippen LogP contribution in [0.3, 0.4) is 0 Å². The summed E-state index contributed by atoms with van der Waals surface area (Å²) < 4.78 is 18.0. The molecule has 1 aromatic rings. The highest BCUT2D eigenvalue weighted by atomic mass is 19.1. The minimum atomic E-state index is -0.526. The molecule has 0 unspecified atom stereocenters. The predicted molar refractivity (Wildman–Crippen MR) is 99.4 cm³/mol. The molecular formula is C19H30FN3O3. The van der Waals surface area contributed by atoms with Crippen molar-refractivity contribution in [1.82, 2.24) is 16.0 Å². The molecule has 7 heteroatoms. The molecule has 1 atom stereocenters. The third-order valence-electron chi connectivity index (χ3n) is 3.63. The zero-order chi connectivity index (χ0) is 19.6. The number of amides is 2. The van der Waals surface area contributed by atoms with Crippen LogP contribution in [0.4, 0.5) is 9.18 Å². The average molecular weight is 367 g/mol. The summed E-state index contributed by atoms with van der Waals surface area (Å²) >= 11 is 0. The van der Waals surface area contributed by atoms with E-state index in [9.17, 15) is 14.0 Å². The maximum atomic E-state index is 12.9. The lowest BCUT2D eigenvalue weighted by Crippen LogP contribution is -2.43. The molecule has 0 aromatic heterocycles. The monoisotopic (exact) mass is 367 g/mol. The second-order valence-corrected chi connectivity index (χ2v) is 7.08. The first-order valence-electron chi connectivity index (χ1n) is 8.87. The van der Waals surface area contributed by atoms with Crippen LogP contribution in [0.15, 0.2) is 24.3 Å². The first-order valence-corrected chi connectivity index (χ1v) is 8.87. The molecule has 0 fully saturated rings. The second kappa shape index (κ2) is 10.8. The standard InChI is InChI=1S/C19H30FN3O3/c1-19(2,3)26-18(25)23-12-5-6-16(21-4)17(24)22-13-11-14-7-9-15(20)10-8-14/h7-10,16,21H,5-6,11-13H2,1-4H3,(H,22,24)(H,23,25)/t16-/m0/s1. The zero-order valence-corrected chi connectivity index (χ0v) is 16.0. The number of benzene rings is 1. The summed E-state index contributed by atoms with van der Waals surface area (Å²) in [4.78, 5) is 23.7. The molecule has 0 bridgehead atoms. The predicted octanol–water partition coefficient (Wildman–Crippen LogP) is 2.38. The van der Waals surface area contributed by atoms with Crippen molar-refractivity contribution in [2.45, 2.75) is 51.7 Å². The summed E-state index contributed by atoms with van der Waals surface area (Å²) in [6.45, 7) is 6.34. The lowest BCUT2D eigenvalue weighted by molar-refractivity contribution is -0.123. The summed E-state index contributed by atoms with van der Waals surface area (Å²) in [6, 6.07) is 5.90. The summed E-state index contributed by atoms with van der Waals surface area (Å²) in [5.74, 6) is -0.361. The molecule has 1 rings (SSSR count). The van der Waals surface area contributed by atoms with Crippen LogP contribution >= 0.6 is 0 Å². The van der Waals surface area contributed by atoms with Crippen molar-refractivity contribution in [2.75, 3.05) is 20.1 Å². The Balaban J connectivity index is 2.24. The van der Waals surface area contributed by atoms with Crippen LogP contribution in [0.1, 0.15) is 39.2 Å². The molecular weight excluding hydrogens is 337 g/mol. The highest BCUT2D eigenvalue weighted by molar-refractivity contribution is 5.81. The van der Waals surface area contributed by atoms with Gasteiger partial charge in [0.1, 0.15) is 11.4 Å². The van der Waals surface area contributed by atoms with Crippen molar-refractivity contribution in [3.05, 3.63) is 35.6 Å². The van der Waals surface area contributed by atoms with Crippen LogP contribution in [0.5, 0.6) is 0 Å². The average Bonchev–Trinajstić information content (AvgIpc) is 2.55. The van der Waals surface area contributed by atoms with Gasteiger partial charge in [-0.1, -0.05) is 12.1 Å². The third-order valence-corrected chi connectivity index (χ3v) is 3.63. The number of carbonyl (C=O) groups is 2. The van der Waals surface area contributed by atoms with Gasteiger partial charge in [0.2, 0.25) is 5.91 Å². The van der Waals surface area contributed by atoms with Gasteiger partial charge in [0.05, 0.1) is 6.04 Å². The Morgan fingerprint density at radius 2 is 1.77 bits per heavy atom. The lowest BCUT2D eigenvalue weighted by atomic mass is 10.1. The van der Waals surface area contributed by atoms with Crippen LogP contribution in [0.2, 0.25) is 0 Å². The van der Waals surface area contributed by atoms with Gasteiger partial charge in [-0.05, 0) is 64.8 Å². The number of hydrogen-bond acceptors (Lipinski definition) is 4. The number of hydrogen-bond donors (Lipinski definition) is 3. The van der Waals surface area contributed by atoms with Crippen molar-refractivity contribution < 1.29 is 18.7 Å². The Morgan fingerprint density at radius 3 is 2.35 bits per heavy atom. The highest BCUT2D eigenvalue weighted by Crippen LogP contribution is 2.06. The summed E-state index contributed by atoms with van der Waals surface area (Å²) in [5.41, 5.74) is 0.441. The van der Waals surface area contributed by atoms with Gasteiger partial charge >= 0.3 is 6.09 Å². The molecule has 0 saturated carbocycles. The van der Waals surface area contributed by atoms with Gasteiger partial charge in [-0.3, -0.25) is 4.79 Å². The largest absolute Gasteiger partial charge is 0.444 e. The molecule has 0 saturated heterocycles. The van der Waals surface area contributed by atoms with Gasteiger partial charge in [0.15, 0.2) is 0 Å². The van der Waals surface area contributed by atoms with Crippen molar-refractivity contribution in [1.29, 1.82) is 0 Å². The molecule has 0 aliphatic rings. The fraction of sp³-hybridized carbons (Fsp3) is 0.579. The smallest absolute Gasteiger partial charge is 0.407 e. The Labute approximate surface area is 154 Å². The quantitative estimate of drug-likeness (QED) is 0.586. The van der Waals surface area contributed by atoms with E-state index in [0.717, 1.165) is 5.56 Å². The first-order chi connectivity index (χ1) is 12.2. The van der Waals surface area contributed by atoms with Crippen LogP contribution in [-0.4, -0.2) is 43.8 Å². The second-order valence-electron chi connectivity index (χ2n) is 7.08. The van der Waals surface area contributed by atoms with Gasteiger partial charge in [0, 0.05) is 13.1 Å². The number of nitrogens with one attached hydrogen (secondary N) is 3. The maximum absolute atomic E-state index is 12.9. The van der Waals surface area contributed by atoms with E-state index in [4.69, 9.17) is 4.74 Å². The fourth-order valence-electron chi connectivity index (χ4n) is 2.32. The number of carbonyl (C=O) groups excluding carboxylic acids is 2. The Hall–Kier alpha value is -2.15. The topological polar surface area (TPSA) is 79.5 Å². The van der Waals surface area contributed by atoms with Gasteiger partial charge in [-0.15, -0.1) is 0 Å². The van der Waals surface area contributed by atoms with E-state index in [0.29, 0.717) is 32.4 Å². The van der Waals surface area contributed by atoms with Gasteiger partial charge in [0.25, 0.3) is 0 Å². The number of likely N-dealkylation sites (N-methyl/N-ethyl adjacent to an activating group) is 1. The van der Waals surface area contributed by atoms with E-state index in [1.807, 2.05) is 0 Å². The normalized spacial score (nSPS) is 12.3. The van der Waals surface area contributed by atoms with Crippen molar-refractivity contribution in [3.8, 4) is 0 Å². The van der Waals surface area contributed by atoms with Crippen LogP contribution in [-0.2, 0) is 16.0 Å². The van der Waals surface area contributed by atoms with E-state index >= 15 is 0 Å². The van der Waals surface area contributed by atoms with Crippen LogP contribution < -0.4 is 16.0 Å². The van der Waals surface area contributed by atoms with E-state index in [1.165, 1.54) is 12.1 Å². The van der Waals surface area contributed by atoms with E-state index in [2.05, 4.69) is 16.0 Å². The molecule has 0 radical (unpaired) electrons. The molecule has 0 heterocycles. The molecule has 2 amide bonds. The molecule has 0 aliphatic carbocycles. The van der Waals surface area contributed by atoms with E-state index < -0.39 is 11.7 Å². The van der Waals surface area contributed by atoms with Crippen LogP contribution in [0, 0.1) is 5.82 Å². The maximum Gasteiger partial charge on any atom is 0.407 e. The Morgan fingerprint density at radius 1 is 1.12 bits per heavy atom. The molecule has 0 aliphatic heterocycles. The van der Waals surface area contributed by atoms with Crippen molar-refractivity contribution in [2.24, 2.45) is 0 Å². The molecule has 0 spiro atoms. The highest BCUT2D eigenvalue weighted by Gasteiger charge is 2.17. The number of alkyl carbamates (subject to hydrolysis) is 1. The SMILES string of the molecule is CN[C@@H](CCCNC(=O)OC(C)(C)C)C(=O)NCCc1ccc(F)cc1. The minimum absolute atomic E-state index is 0.0909. The van der Waals surface area contributed by atoms with Crippen LogP contribution in [0.25, 0.3) is 0 Å². The molecule has 6 nitrogen and oxygen atoms in total. The number of halogens is 1. The van der Waals surface area contributed by atoms with E-state index in [1.54, 1.807) is 40.0 Å². The summed E-state index contributed by atoms with van der Waals surface area (Å²) in [5, 5.41) is 8.52. The number of rotatable bonds is 9. The zero-order valence-electron chi connectivity index (χ0n) is 16.0. The first kappa shape index (κ1) is 21.9. The van der Waals surface area contributed by atoms with Gasteiger partial charge in [-0.25, -0.2) is 9.18 Å². The lowest BCUT2D eigenvalue weighted by Gasteiger charge is -2.20. The molecule has 26 heavy (non-hydrogen) atoms. The minimum Gasteiger partial charge on any atom is -0.444 e. The van der Waals surface area contributed by atoms with Gasteiger partial charge in [-0.2, -0.15) is 0 Å². The fourth-order valence-corrected chi connectivity index (χ4v) is 2.32. The Kier molecular flexibility index (Phi) is 9.05. The van der Waals surface area contributed by atoms with Crippen molar-refractivity contribution in [3.63, 3.8) is 0 Å². The van der Waals surface area contributed by atoms with Gasteiger partial charge < -0.3 is 20.7 Å². The molecule has 1 aromatic carbocycles. The molecule has 146 valence electrons. The molecule has 3 N–H and O–H groups in total. The number of ether oxygens (including phenoxy) is 1. The van der Waals surface area contributed by atoms with E-state index in [-0.39, 0.29) is 17.8 Å². The Bertz CT molecular complexity index is 570.